The number of hydrogen-bond acceptors (Lipinski definition) is 0. The molecule has 0 saturated carbocycles. The summed E-state index contributed by atoms with van der Waals surface area (Å²) < 4.78 is 12.3. The first-order valence-corrected chi connectivity index (χ1v) is 5.10. The van der Waals surface area contributed by atoms with E-state index in [-0.39, 0.29) is 31.0 Å². The number of halogens is 1. The van der Waals surface area contributed by atoms with E-state index >= 15 is 0 Å². The summed E-state index contributed by atoms with van der Waals surface area (Å²) in [6.07, 6.45) is 3.63. The first kappa shape index (κ1) is 9.46. The van der Waals surface area contributed by atoms with Gasteiger partial charge in [-0.2, -0.15) is 0 Å². The van der Waals surface area contributed by atoms with Crippen molar-refractivity contribution >= 4 is 14.6 Å². The van der Waals surface area contributed by atoms with Crippen molar-refractivity contribution < 1.29 is 34.5 Å². The first-order valence-electron chi connectivity index (χ1n) is 3.03. The van der Waals surface area contributed by atoms with Crippen molar-refractivity contribution in [1.29, 1.82) is 0 Å². The molecule has 1 saturated heterocycles. The van der Waals surface area contributed by atoms with Gasteiger partial charge in [0.25, 0.3) is 0 Å². The van der Waals surface area contributed by atoms with Crippen molar-refractivity contribution in [2.45, 2.75) is 29.8 Å². The molecule has 0 nitrogen and oxygen atoms in total. The zero-order valence-corrected chi connectivity index (χ0v) is 8.65. The van der Waals surface area contributed by atoms with E-state index in [0.717, 1.165) is 10.6 Å². The molecule has 0 bridgehead atoms. The zero-order chi connectivity index (χ0) is 5.11. The van der Waals surface area contributed by atoms with E-state index in [1.165, 1.54) is 19.3 Å². The van der Waals surface area contributed by atoms with E-state index < -0.39 is 14.6 Å². The molecular weight excluding hydrogens is 129 g/mol. The van der Waals surface area contributed by atoms with Crippen LogP contribution < -0.4 is 29.6 Å². The molecule has 1 aliphatic rings. The molecule has 1 heterocycles. The minimum atomic E-state index is -1.59. The molecule has 3 heteroatoms. The molecule has 8 heavy (non-hydrogen) atoms. The summed E-state index contributed by atoms with van der Waals surface area (Å²) in [6.45, 7) is 0. The molecule has 1 rings (SSSR count). The van der Waals surface area contributed by atoms with Crippen molar-refractivity contribution in [3.8, 4) is 0 Å². The fourth-order valence-electron chi connectivity index (χ4n) is 1.05. The molecule has 0 aromatic rings. The molecule has 0 amide bonds. The van der Waals surface area contributed by atoms with Crippen LogP contribution in [0.5, 0.6) is 0 Å². The minimum absolute atomic E-state index is 0. The van der Waals surface area contributed by atoms with Crippen molar-refractivity contribution in [2.75, 3.05) is 0 Å². The van der Waals surface area contributed by atoms with Crippen LogP contribution in [0.1, 0.15) is 20.7 Å². The van der Waals surface area contributed by atoms with E-state index in [1.54, 1.807) is 0 Å². The van der Waals surface area contributed by atoms with E-state index in [2.05, 4.69) is 0 Å². The topological polar surface area (TPSA) is 0 Å². The predicted molar refractivity (Wildman–Crippen MR) is 31.4 cm³/mol. The van der Waals surface area contributed by atoms with Gasteiger partial charge in [-0.1, -0.05) is 29.8 Å². The van der Waals surface area contributed by atoms with Gasteiger partial charge >= 0.3 is 44.2 Å². The third-order valence-corrected chi connectivity index (χ3v) is 3.60. The van der Waals surface area contributed by atoms with Crippen LogP contribution in [0.3, 0.4) is 0 Å². The summed E-state index contributed by atoms with van der Waals surface area (Å²) in [5.74, 6) is 0. The normalized spacial score (nSPS) is 19.9. The van der Waals surface area contributed by atoms with Crippen molar-refractivity contribution in [2.24, 2.45) is 0 Å². The average Bonchev–Trinajstić information content (AvgIpc) is 1.69. The summed E-state index contributed by atoms with van der Waals surface area (Å²) >= 11 is -1.59. The Labute approximate surface area is 78.5 Å². The van der Waals surface area contributed by atoms with E-state index in [0.29, 0.717) is 0 Å². The van der Waals surface area contributed by atoms with Crippen LogP contribution in [0.25, 0.3) is 0 Å². The summed E-state index contributed by atoms with van der Waals surface area (Å²) in [6, 6.07) is 0. The van der Waals surface area contributed by atoms with Gasteiger partial charge in [-0.05, 0) is 0 Å². The molecule has 0 unspecified atom stereocenters. The van der Waals surface area contributed by atoms with E-state index in [9.17, 15) is 3.52 Å². The quantitative estimate of drug-likeness (QED) is 0.388. The van der Waals surface area contributed by atoms with Gasteiger partial charge in [0.2, 0.25) is 0 Å². The molecule has 0 atom stereocenters. The Morgan fingerprint density at radius 1 is 1.12 bits per heavy atom. The van der Waals surface area contributed by atoms with Gasteiger partial charge in [-0.25, -0.2) is 0 Å². The number of hydrogen-bond donors (Lipinski definition) is 0. The van der Waals surface area contributed by atoms with Crippen LogP contribution >= 0.6 is 0 Å². The molecule has 42 valence electrons. The molecular formula is C5H11AlFNa. The Balaban J connectivity index is 0. The van der Waals surface area contributed by atoms with E-state index in [4.69, 9.17) is 0 Å². The summed E-state index contributed by atoms with van der Waals surface area (Å²) in [4.78, 5) is 0. The second-order valence-electron chi connectivity index (χ2n) is 2.24. The van der Waals surface area contributed by atoms with Gasteiger partial charge < -0.3 is 4.95 Å². The van der Waals surface area contributed by atoms with Crippen LogP contribution in [-0.4, -0.2) is 14.6 Å². The number of rotatable bonds is 0. The molecule has 1 aliphatic heterocycles. The average molecular weight is 140 g/mol. The minimum Gasteiger partial charge on any atom is -1.00 e. The van der Waals surface area contributed by atoms with Gasteiger partial charge in [-0.3, -0.25) is 0 Å². The van der Waals surface area contributed by atoms with E-state index in [1.807, 2.05) is 0 Å². The predicted octanol–water partition coefficient (Wildman–Crippen LogP) is -0.752. The third-order valence-electron chi connectivity index (χ3n) is 1.53. The van der Waals surface area contributed by atoms with Gasteiger partial charge in [0.05, 0.1) is 0 Å². The molecule has 0 spiro atoms. The Hall–Kier alpha value is 1.46. The molecule has 0 aliphatic carbocycles. The van der Waals surface area contributed by atoms with Crippen LogP contribution in [-0.2, 0) is 0 Å². The fourth-order valence-corrected chi connectivity index (χ4v) is 2.80. The Morgan fingerprint density at radius 2 is 1.62 bits per heavy atom. The SMILES string of the molecule is [F][Al]1[CH2]CCC[CH2]1.[H-].[Na+]. The van der Waals surface area contributed by atoms with Gasteiger partial charge in [0, 0.05) is 0 Å². The standard InChI is InChI=1S/C5H10.Al.FH.Na.H/c1-3-5-4-2;;;;/h1-5H2;;1H;;/q;+1;;+1;-1/p-1. The molecule has 1 fully saturated rings. The van der Waals surface area contributed by atoms with Crippen molar-refractivity contribution in [3.05, 3.63) is 0 Å². The van der Waals surface area contributed by atoms with Crippen LogP contribution in [0.15, 0.2) is 0 Å². The Bertz CT molecular complexity index is 58.9. The summed E-state index contributed by atoms with van der Waals surface area (Å²) in [7, 11) is 0. The zero-order valence-electron chi connectivity index (χ0n) is 6.49. The maximum atomic E-state index is 12.3. The Morgan fingerprint density at radius 3 is 1.88 bits per heavy atom. The second kappa shape index (κ2) is 5.26. The van der Waals surface area contributed by atoms with Gasteiger partial charge in [0.15, 0.2) is 0 Å². The Kier molecular flexibility index (Phi) is 6.23. The maximum Gasteiger partial charge on any atom is 1.00 e. The second-order valence-corrected chi connectivity index (χ2v) is 4.58. The molecule has 0 N–H and O–H groups in total. The van der Waals surface area contributed by atoms with Gasteiger partial charge in [-0.15, -0.1) is 0 Å². The largest absolute Gasteiger partial charge is 1.00 e. The van der Waals surface area contributed by atoms with Crippen molar-refractivity contribution in [3.63, 3.8) is 0 Å². The summed E-state index contributed by atoms with van der Waals surface area (Å²) in [5.41, 5.74) is 0. The monoisotopic (exact) mass is 140 g/mol. The van der Waals surface area contributed by atoms with Crippen LogP contribution in [0, 0.1) is 0 Å². The van der Waals surface area contributed by atoms with Crippen molar-refractivity contribution in [1.82, 2.24) is 0 Å². The summed E-state index contributed by atoms with van der Waals surface area (Å²) in [5, 5.41) is 1.92. The molecule has 0 aromatic heterocycles. The van der Waals surface area contributed by atoms with Crippen LogP contribution in [0.2, 0.25) is 10.6 Å². The molecule has 0 radical (unpaired) electrons. The maximum absolute atomic E-state index is 12.3. The van der Waals surface area contributed by atoms with Crippen LogP contribution in [0.4, 0.5) is 3.52 Å². The van der Waals surface area contributed by atoms with Gasteiger partial charge in [0.1, 0.15) is 0 Å². The fraction of sp³-hybridized carbons (Fsp3) is 1.00. The third kappa shape index (κ3) is 3.48. The smallest absolute Gasteiger partial charge is 1.00 e. The molecule has 0 aromatic carbocycles. The first-order chi connectivity index (χ1) is 3.39.